The zero-order valence-corrected chi connectivity index (χ0v) is 15.5. The van der Waals surface area contributed by atoms with Crippen LogP contribution in [0.5, 0.6) is 0 Å². The highest BCUT2D eigenvalue weighted by molar-refractivity contribution is 6.31. The Bertz CT molecular complexity index is 1180. The molecule has 0 unspecified atom stereocenters. The lowest BCUT2D eigenvalue weighted by molar-refractivity contribution is 0.0961. The van der Waals surface area contributed by atoms with E-state index in [1.54, 1.807) is 18.2 Å². The molecule has 9 heteroatoms. The van der Waals surface area contributed by atoms with E-state index in [9.17, 15) is 9.59 Å². The number of nitrogens with zero attached hydrogens (tertiary/aromatic N) is 3. The van der Waals surface area contributed by atoms with E-state index in [0.29, 0.717) is 16.2 Å². The van der Waals surface area contributed by atoms with Crippen molar-refractivity contribution in [2.24, 2.45) is 5.73 Å². The van der Waals surface area contributed by atoms with Crippen molar-refractivity contribution < 1.29 is 9.59 Å². The first-order valence-electron chi connectivity index (χ1n) is 8.34. The fourth-order valence-electron chi connectivity index (χ4n) is 2.94. The molecule has 0 aliphatic rings. The largest absolute Gasteiger partial charge is 0.364 e. The SMILES string of the molecule is Cc1ccc(Cl)cc1N(C(=O)c1[nH]cnc1C(N)=O)c1nc2ccccc2[nH]1. The third kappa shape index (κ3) is 2.99. The predicted octanol–water partition coefficient (Wildman–Crippen LogP) is 3.33. The second kappa shape index (κ2) is 6.82. The quantitative estimate of drug-likeness (QED) is 0.491. The third-order valence-corrected chi connectivity index (χ3v) is 4.53. The van der Waals surface area contributed by atoms with Gasteiger partial charge in [-0.3, -0.25) is 9.59 Å². The van der Waals surface area contributed by atoms with E-state index in [4.69, 9.17) is 17.3 Å². The Labute approximate surface area is 164 Å². The Morgan fingerprint density at radius 1 is 1.18 bits per heavy atom. The minimum Gasteiger partial charge on any atom is -0.364 e. The lowest BCUT2D eigenvalue weighted by atomic mass is 10.1. The number of nitrogens with two attached hydrogens (primary N) is 1. The van der Waals surface area contributed by atoms with Gasteiger partial charge in [-0.15, -0.1) is 0 Å². The highest BCUT2D eigenvalue weighted by Gasteiger charge is 2.29. The number of amides is 2. The highest BCUT2D eigenvalue weighted by atomic mass is 35.5. The number of fused-ring (bicyclic) bond motifs is 1. The van der Waals surface area contributed by atoms with Crippen molar-refractivity contribution in [3.63, 3.8) is 0 Å². The molecule has 28 heavy (non-hydrogen) atoms. The van der Waals surface area contributed by atoms with Crippen molar-refractivity contribution in [3.05, 3.63) is 70.8 Å². The van der Waals surface area contributed by atoms with E-state index in [1.165, 1.54) is 11.2 Å². The summed E-state index contributed by atoms with van der Waals surface area (Å²) in [5.74, 6) is -1.07. The van der Waals surface area contributed by atoms with Gasteiger partial charge in [0.25, 0.3) is 11.8 Å². The van der Waals surface area contributed by atoms with Crippen molar-refractivity contribution in [1.82, 2.24) is 19.9 Å². The maximum atomic E-state index is 13.4. The summed E-state index contributed by atoms with van der Waals surface area (Å²) in [7, 11) is 0. The standard InChI is InChI=1S/C19H15ClN6O2/c1-10-6-7-11(20)8-14(10)26(18(28)16-15(17(21)27)22-9-23-16)19-24-12-4-2-3-5-13(12)25-19/h2-9H,1H3,(H2,21,27)(H,22,23)(H,24,25). The predicted molar refractivity (Wildman–Crippen MR) is 106 cm³/mol. The molecule has 2 aromatic heterocycles. The summed E-state index contributed by atoms with van der Waals surface area (Å²) in [6.45, 7) is 1.84. The highest BCUT2D eigenvalue weighted by Crippen LogP contribution is 2.32. The molecular formula is C19H15ClN6O2. The average Bonchev–Trinajstić information content (AvgIpc) is 3.31. The number of hydrogen-bond donors (Lipinski definition) is 3. The van der Waals surface area contributed by atoms with E-state index in [-0.39, 0.29) is 17.3 Å². The van der Waals surface area contributed by atoms with Crippen molar-refractivity contribution in [3.8, 4) is 0 Å². The maximum Gasteiger partial charge on any atom is 0.284 e. The summed E-state index contributed by atoms with van der Waals surface area (Å²) in [6.07, 6.45) is 1.25. The van der Waals surface area contributed by atoms with Crippen LogP contribution in [0.15, 0.2) is 48.8 Å². The summed E-state index contributed by atoms with van der Waals surface area (Å²) in [5.41, 5.74) is 7.92. The molecule has 0 aliphatic heterocycles. The zero-order chi connectivity index (χ0) is 19.8. The molecule has 0 fully saturated rings. The van der Waals surface area contributed by atoms with Crippen LogP contribution in [-0.4, -0.2) is 31.8 Å². The Kier molecular flexibility index (Phi) is 4.32. The molecule has 0 aliphatic carbocycles. The first kappa shape index (κ1) is 17.7. The second-order valence-electron chi connectivity index (χ2n) is 6.14. The van der Waals surface area contributed by atoms with Gasteiger partial charge in [-0.2, -0.15) is 0 Å². The van der Waals surface area contributed by atoms with Crippen LogP contribution in [0.25, 0.3) is 11.0 Å². The minimum absolute atomic E-state index is 0.0349. The Balaban J connectivity index is 1.93. The number of para-hydroxylation sites is 2. The van der Waals surface area contributed by atoms with E-state index < -0.39 is 11.8 Å². The second-order valence-corrected chi connectivity index (χ2v) is 6.58. The summed E-state index contributed by atoms with van der Waals surface area (Å²) in [4.78, 5) is 40.6. The van der Waals surface area contributed by atoms with E-state index in [1.807, 2.05) is 31.2 Å². The molecule has 8 nitrogen and oxygen atoms in total. The first-order valence-corrected chi connectivity index (χ1v) is 8.72. The van der Waals surface area contributed by atoms with Gasteiger partial charge in [-0.1, -0.05) is 29.8 Å². The molecule has 2 amide bonds. The van der Waals surface area contributed by atoms with E-state index in [2.05, 4.69) is 19.9 Å². The van der Waals surface area contributed by atoms with Gasteiger partial charge >= 0.3 is 0 Å². The number of anilines is 2. The maximum absolute atomic E-state index is 13.4. The van der Waals surface area contributed by atoms with Crippen LogP contribution in [0.3, 0.4) is 0 Å². The summed E-state index contributed by atoms with van der Waals surface area (Å²) in [5, 5.41) is 0.453. The molecule has 4 N–H and O–H groups in total. The number of H-pyrrole nitrogens is 2. The van der Waals surface area contributed by atoms with Crippen LogP contribution in [0.1, 0.15) is 26.5 Å². The number of hydrogen-bond acceptors (Lipinski definition) is 4. The monoisotopic (exact) mass is 394 g/mol. The molecule has 2 aromatic carbocycles. The van der Waals surface area contributed by atoms with E-state index >= 15 is 0 Å². The molecular weight excluding hydrogens is 380 g/mol. The van der Waals surface area contributed by atoms with Crippen LogP contribution in [-0.2, 0) is 0 Å². The number of halogens is 1. The topological polar surface area (TPSA) is 121 Å². The molecule has 0 spiro atoms. The summed E-state index contributed by atoms with van der Waals surface area (Å²) < 4.78 is 0. The van der Waals surface area contributed by atoms with Crippen LogP contribution in [0.4, 0.5) is 11.6 Å². The Morgan fingerprint density at radius 2 is 1.96 bits per heavy atom. The average molecular weight is 395 g/mol. The third-order valence-electron chi connectivity index (χ3n) is 4.29. The number of imidazole rings is 2. The van der Waals surface area contributed by atoms with Crippen molar-refractivity contribution in [2.45, 2.75) is 6.92 Å². The number of aromatic nitrogens is 4. The summed E-state index contributed by atoms with van der Waals surface area (Å²) in [6, 6.07) is 12.6. The van der Waals surface area contributed by atoms with Crippen LogP contribution in [0.2, 0.25) is 5.02 Å². The van der Waals surface area contributed by atoms with Gasteiger partial charge in [0.1, 0.15) is 5.69 Å². The molecule has 4 rings (SSSR count). The molecule has 0 saturated heterocycles. The number of nitrogens with one attached hydrogen (secondary N) is 2. The zero-order valence-electron chi connectivity index (χ0n) is 14.7. The molecule has 2 heterocycles. The number of benzene rings is 2. The van der Waals surface area contributed by atoms with Crippen molar-refractivity contribution in [2.75, 3.05) is 4.90 Å². The van der Waals surface area contributed by atoms with Crippen molar-refractivity contribution in [1.29, 1.82) is 0 Å². The van der Waals surface area contributed by atoms with Gasteiger partial charge in [0, 0.05) is 5.02 Å². The number of rotatable bonds is 4. The fourth-order valence-corrected chi connectivity index (χ4v) is 3.11. The number of carbonyl (C=O) groups excluding carboxylic acids is 2. The molecule has 4 aromatic rings. The van der Waals surface area contributed by atoms with E-state index in [0.717, 1.165) is 11.1 Å². The number of carbonyl (C=O) groups is 2. The van der Waals surface area contributed by atoms with Crippen LogP contribution in [0, 0.1) is 6.92 Å². The fraction of sp³-hybridized carbons (Fsp3) is 0.0526. The van der Waals surface area contributed by atoms with Crippen LogP contribution >= 0.6 is 11.6 Å². The van der Waals surface area contributed by atoms with Crippen molar-refractivity contribution >= 4 is 46.1 Å². The lowest BCUT2D eigenvalue weighted by Gasteiger charge is -2.22. The minimum atomic E-state index is -0.808. The smallest absolute Gasteiger partial charge is 0.284 e. The number of primary amides is 1. The first-order chi connectivity index (χ1) is 13.5. The summed E-state index contributed by atoms with van der Waals surface area (Å²) >= 11 is 6.18. The Morgan fingerprint density at radius 3 is 2.71 bits per heavy atom. The molecule has 0 bridgehead atoms. The van der Waals surface area contributed by atoms with Gasteiger partial charge in [-0.05, 0) is 36.8 Å². The molecule has 0 radical (unpaired) electrons. The van der Waals surface area contributed by atoms with Gasteiger partial charge in [0.15, 0.2) is 5.69 Å². The van der Waals surface area contributed by atoms with Gasteiger partial charge in [0.05, 0.1) is 23.0 Å². The lowest BCUT2D eigenvalue weighted by Crippen LogP contribution is -2.30. The normalized spacial score (nSPS) is 10.9. The molecule has 0 saturated carbocycles. The van der Waals surface area contributed by atoms with Gasteiger partial charge in [0.2, 0.25) is 5.95 Å². The molecule has 140 valence electrons. The van der Waals surface area contributed by atoms with Gasteiger partial charge < -0.3 is 15.7 Å². The van der Waals surface area contributed by atoms with Crippen LogP contribution < -0.4 is 10.6 Å². The Hall–Kier alpha value is -3.65. The number of aryl methyl sites for hydroxylation is 1. The van der Waals surface area contributed by atoms with Gasteiger partial charge in [-0.25, -0.2) is 14.9 Å². The molecule has 0 atom stereocenters. The number of aromatic amines is 2.